The number of rotatable bonds is 5. The highest BCUT2D eigenvalue weighted by atomic mass is 16.7. The number of hydrogen-bond donors (Lipinski definition) is 0. The van der Waals surface area contributed by atoms with Gasteiger partial charge in [-0.15, -0.1) is 0 Å². The van der Waals surface area contributed by atoms with Crippen molar-refractivity contribution in [2.75, 3.05) is 13.9 Å². The third kappa shape index (κ3) is 3.39. The zero-order valence-corrected chi connectivity index (χ0v) is 13.2. The normalized spacial score (nSPS) is 18.8. The van der Waals surface area contributed by atoms with Crippen molar-refractivity contribution in [3.63, 3.8) is 0 Å². The average Bonchev–Trinajstić information content (AvgIpc) is 2.44. The molecular formula is C16H20O6. The first-order valence-electron chi connectivity index (χ1n) is 6.97. The second-order valence-corrected chi connectivity index (χ2v) is 5.67. The van der Waals surface area contributed by atoms with Crippen LogP contribution in [0.5, 0.6) is 11.5 Å². The molecule has 1 aromatic rings. The van der Waals surface area contributed by atoms with E-state index in [1.165, 1.54) is 14.0 Å². The topological polar surface area (TPSA) is 71.1 Å². The van der Waals surface area contributed by atoms with E-state index in [-0.39, 0.29) is 12.8 Å². The molecule has 1 heterocycles. The number of hydrogen-bond acceptors (Lipinski definition) is 6. The van der Waals surface area contributed by atoms with E-state index in [0.717, 1.165) is 11.8 Å². The molecule has 6 heteroatoms. The van der Waals surface area contributed by atoms with Crippen LogP contribution in [0.15, 0.2) is 12.1 Å². The first-order chi connectivity index (χ1) is 10.4. The van der Waals surface area contributed by atoms with Gasteiger partial charge < -0.3 is 18.9 Å². The molecule has 0 saturated heterocycles. The third-order valence-electron chi connectivity index (χ3n) is 3.50. The first-order valence-corrected chi connectivity index (χ1v) is 6.97. The van der Waals surface area contributed by atoms with Crippen molar-refractivity contribution in [1.82, 2.24) is 0 Å². The van der Waals surface area contributed by atoms with Crippen LogP contribution in [0.25, 0.3) is 0 Å². The lowest BCUT2D eigenvalue weighted by Crippen LogP contribution is -2.48. The Labute approximate surface area is 129 Å². The zero-order valence-electron chi connectivity index (χ0n) is 13.2. The van der Waals surface area contributed by atoms with Gasteiger partial charge in [0, 0.05) is 31.6 Å². The largest absolute Gasteiger partial charge is 0.484 e. The Morgan fingerprint density at radius 3 is 2.77 bits per heavy atom. The van der Waals surface area contributed by atoms with E-state index in [1.54, 1.807) is 12.1 Å². The van der Waals surface area contributed by atoms with Crippen LogP contribution in [0, 0.1) is 0 Å². The molecule has 1 aliphatic rings. The van der Waals surface area contributed by atoms with Crippen molar-refractivity contribution in [3.8, 4) is 11.5 Å². The van der Waals surface area contributed by atoms with Crippen molar-refractivity contribution in [1.29, 1.82) is 0 Å². The van der Waals surface area contributed by atoms with Gasteiger partial charge in [0.1, 0.15) is 29.5 Å². The van der Waals surface area contributed by atoms with Crippen molar-refractivity contribution < 1.29 is 28.5 Å². The Hall–Kier alpha value is -2.08. The van der Waals surface area contributed by atoms with Crippen LogP contribution in [0.2, 0.25) is 0 Å². The van der Waals surface area contributed by atoms with E-state index < -0.39 is 11.7 Å². The van der Waals surface area contributed by atoms with Gasteiger partial charge in [-0.3, -0.25) is 9.59 Å². The summed E-state index contributed by atoms with van der Waals surface area (Å²) in [5, 5.41) is 0. The van der Waals surface area contributed by atoms with Crippen LogP contribution in [-0.4, -0.2) is 37.9 Å². The van der Waals surface area contributed by atoms with Gasteiger partial charge in [-0.05, 0) is 26.0 Å². The highest BCUT2D eigenvalue weighted by molar-refractivity contribution is 5.77. The second-order valence-electron chi connectivity index (χ2n) is 5.67. The lowest BCUT2D eigenvalue weighted by molar-refractivity contribution is -0.158. The summed E-state index contributed by atoms with van der Waals surface area (Å²) < 4.78 is 21.7. The maximum atomic E-state index is 11.3. The van der Waals surface area contributed by atoms with Crippen LogP contribution >= 0.6 is 0 Å². The fraction of sp³-hybridized carbons (Fsp3) is 0.500. The Balaban J connectivity index is 2.41. The van der Waals surface area contributed by atoms with Gasteiger partial charge in [0.2, 0.25) is 0 Å². The Morgan fingerprint density at radius 1 is 1.45 bits per heavy atom. The molecule has 0 saturated carbocycles. The van der Waals surface area contributed by atoms with Crippen LogP contribution in [0.4, 0.5) is 0 Å². The molecule has 0 amide bonds. The molecule has 0 spiro atoms. The van der Waals surface area contributed by atoms with Gasteiger partial charge in [0.05, 0.1) is 0 Å². The molecule has 0 unspecified atom stereocenters. The lowest BCUT2D eigenvalue weighted by Gasteiger charge is -2.39. The molecule has 0 N–H and O–H groups in total. The molecule has 1 aliphatic heterocycles. The number of esters is 1. The predicted molar refractivity (Wildman–Crippen MR) is 78.3 cm³/mol. The molecule has 120 valence electrons. The molecule has 6 nitrogen and oxygen atoms in total. The minimum atomic E-state index is -0.696. The quantitative estimate of drug-likeness (QED) is 0.471. The van der Waals surface area contributed by atoms with Gasteiger partial charge in [-0.1, -0.05) is 0 Å². The van der Waals surface area contributed by atoms with Gasteiger partial charge in [0.15, 0.2) is 6.79 Å². The molecular weight excluding hydrogens is 288 g/mol. The molecule has 0 aliphatic carbocycles. The summed E-state index contributed by atoms with van der Waals surface area (Å²) in [6.45, 7) is 5.10. The zero-order chi connectivity index (χ0) is 16.3. The maximum Gasteiger partial charge on any atom is 0.303 e. The number of fused-ring (bicyclic) bond motifs is 1. The highest BCUT2D eigenvalue weighted by Crippen LogP contribution is 2.40. The molecule has 0 bridgehead atoms. The van der Waals surface area contributed by atoms with E-state index >= 15 is 0 Å². The van der Waals surface area contributed by atoms with Crippen molar-refractivity contribution >= 4 is 12.3 Å². The van der Waals surface area contributed by atoms with E-state index in [9.17, 15) is 9.59 Å². The number of ether oxygens (including phenoxy) is 4. The molecule has 0 fully saturated rings. The molecule has 0 aromatic heterocycles. The summed E-state index contributed by atoms with van der Waals surface area (Å²) >= 11 is 0. The molecule has 1 atom stereocenters. The van der Waals surface area contributed by atoms with Crippen LogP contribution < -0.4 is 9.47 Å². The standard InChI is InChI=1S/C16H20O6/c1-10(18)21-15-7-12-13(20-9-19-4)5-11(8-17)6-14(12)22-16(15,2)3/h5-6,8,15H,7,9H2,1-4H3/t15-/m0/s1. The molecule has 0 radical (unpaired) electrons. The van der Waals surface area contributed by atoms with Crippen LogP contribution in [0.1, 0.15) is 36.7 Å². The van der Waals surface area contributed by atoms with Gasteiger partial charge in [-0.25, -0.2) is 0 Å². The minimum Gasteiger partial charge on any atom is -0.484 e. The minimum absolute atomic E-state index is 0.0520. The SMILES string of the molecule is COCOc1cc(C=O)cc2c1C[C@H](OC(C)=O)C(C)(C)O2. The van der Waals surface area contributed by atoms with Crippen LogP contribution in [-0.2, 0) is 20.7 Å². The summed E-state index contributed by atoms with van der Waals surface area (Å²) in [5.74, 6) is 0.687. The van der Waals surface area contributed by atoms with Crippen LogP contribution in [0.3, 0.4) is 0 Å². The van der Waals surface area contributed by atoms with Crippen molar-refractivity contribution in [2.24, 2.45) is 0 Å². The van der Waals surface area contributed by atoms with Gasteiger partial charge in [-0.2, -0.15) is 0 Å². The average molecular weight is 308 g/mol. The number of methoxy groups -OCH3 is 1. The predicted octanol–water partition coefficient (Wildman–Crippen LogP) is 2.13. The second kappa shape index (κ2) is 6.36. The fourth-order valence-corrected chi connectivity index (χ4v) is 2.42. The number of aldehydes is 1. The van der Waals surface area contributed by atoms with Crippen molar-refractivity contribution in [3.05, 3.63) is 23.3 Å². The van der Waals surface area contributed by atoms with Gasteiger partial charge >= 0.3 is 5.97 Å². The Kier molecular flexibility index (Phi) is 4.71. The number of carbonyl (C=O) groups excluding carboxylic acids is 2. The van der Waals surface area contributed by atoms with Crippen molar-refractivity contribution in [2.45, 2.75) is 38.9 Å². The van der Waals surface area contributed by atoms with E-state index in [4.69, 9.17) is 18.9 Å². The van der Waals surface area contributed by atoms with Gasteiger partial charge in [0.25, 0.3) is 0 Å². The summed E-state index contributed by atoms with van der Waals surface area (Å²) in [6, 6.07) is 3.28. The maximum absolute atomic E-state index is 11.3. The summed E-state index contributed by atoms with van der Waals surface area (Å²) in [6.07, 6.45) is 0.735. The summed E-state index contributed by atoms with van der Waals surface area (Å²) in [4.78, 5) is 22.4. The fourth-order valence-electron chi connectivity index (χ4n) is 2.42. The highest BCUT2D eigenvalue weighted by Gasteiger charge is 2.40. The molecule has 2 rings (SSSR count). The Morgan fingerprint density at radius 2 is 2.18 bits per heavy atom. The number of carbonyl (C=O) groups is 2. The summed E-state index contributed by atoms with van der Waals surface area (Å²) in [5.41, 5.74) is 0.512. The Bertz CT molecular complexity index is 578. The summed E-state index contributed by atoms with van der Waals surface area (Å²) in [7, 11) is 1.51. The molecule has 1 aromatic carbocycles. The van der Waals surface area contributed by atoms with E-state index in [2.05, 4.69) is 0 Å². The lowest BCUT2D eigenvalue weighted by atomic mass is 9.89. The smallest absolute Gasteiger partial charge is 0.303 e. The third-order valence-corrected chi connectivity index (χ3v) is 3.50. The molecule has 22 heavy (non-hydrogen) atoms. The first kappa shape index (κ1) is 16.3. The number of benzene rings is 1. The monoisotopic (exact) mass is 308 g/mol. The van der Waals surface area contributed by atoms with E-state index in [0.29, 0.717) is 23.5 Å². The van der Waals surface area contributed by atoms with E-state index in [1.807, 2.05) is 13.8 Å².